The number of amidine groups is 1. The van der Waals surface area contributed by atoms with Gasteiger partial charge in [-0.25, -0.2) is 0 Å². The van der Waals surface area contributed by atoms with Crippen molar-refractivity contribution in [1.29, 1.82) is 0 Å². The molecule has 0 aromatic heterocycles. The number of hydrogen-bond acceptors (Lipinski definition) is 5. The van der Waals surface area contributed by atoms with Crippen LogP contribution in [-0.2, 0) is 11.3 Å². The van der Waals surface area contributed by atoms with Gasteiger partial charge in [0.2, 0.25) is 5.91 Å². The lowest BCUT2D eigenvalue weighted by Crippen LogP contribution is -2.31. The maximum Gasteiger partial charge on any atom is 0.242 e. The minimum absolute atomic E-state index is 0.0904. The molecule has 1 amide bonds. The molecule has 6 heteroatoms. The third-order valence-corrected chi connectivity index (χ3v) is 5.39. The molecule has 1 fully saturated rings. The van der Waals surface area contributed by atoms with E-state index in [1.807, 2.05) is 61.5 Å². The average molecular weight is 367 g/mol. The topological polar surface area (TPSA) is 54.3 Å². The highest BCUT2D eigenvalue weighted by Gasteiger charge is 2.36. The van der Waals surface area contributed by atoms with Crippen LogP contribution in [0.25, 0.3) is 0 Å². The second kappa shape index (κ2) is 8.67. The van der Waals surface area contributed by atoms with Gasteiger partial charge in [0.25, 0.3) is 0 Å². The van der Waals surface area contributed by atoms with Gasteiger partial charge in [0.1, 0.15) is 5.75 Å². The molecule has 0 radical (unpaired) electrons. The van der Waals surface area contributed by atoms with Crippen LogP contribution in [0, 0.1) is 0 Å². The zero-order valence-electron chi connectivity index (χ0n) is 14.8. The molecule has 0 bridgehead atoms. The van der Waals surface area contributed by atoms with E-state index in [9.17, 15) is 4.79 Å². The van der Waals surface area contributed by atoms with Gasteiger partial charge < -0.3 is 4.74 Å². The van der Waals surface area contributed by atoms with Gasteiger partial charge in [-0.05, 0) is 24.1 Å². The fourth-order valence-corrected chi connectivity index (χ4v) is 3.70. The second-order valence-corrected chi connectivity index (χ2v) is 6.96. The van der Waals surface area contributed by atoms with Crippen molar-refractivity contribution in [2.75, 3.05) is 7.11 Å². The Labute approximate surface area is 157 Å². The summed E-state index contributed by atoms with van der Waals surface area (Å²) in [5, 5.41) is 9.05. The number of hydrogen-bond donors (Lipinski definition) is 0. The van der Waals surface area contributed by atoms with Crippen molar-refractivity contribution in [3.05, 3.63) is 65.7 Å². The molecule has 1 saturated heterocycles. The van der Waals surface area contributed by atoms with Gasteiger partial charge in [-0.1, -0.05) is 61.2 Å². The van der Waals surface area contributed by atoms with E-state index in [2.05, 4.69) is 10.2 Å². The summed E-state index contributed by atoms with van der Waals surface area (Å²) in [4.78, 5) is 14.4. The standard InChI is InChI=1S/C20H21N3O2S/c1-3-18-19(24)23(14-15-9-5-4-6-10-15)20(26-18)22-21-13-16-11-7-8-12-17(16)25-2/h4-13,18H,3,14H2,1-2H3/b21-13-,22-20-/t18-/m0/s1. The summed E-state index contributed by atoms with van der Waals surface area (Å²) < 4.78 is 5.31. The molecular formula is C20H21N3O2S. The predicted molar refractivity (Wildman–Crippen MR) is 107 cm³/mol. The molecule has 0 saturated carbocycles. The first kappa shape index (κ1) is 18.2. The summed E-state index contributed by atoms with van der Waals surface area (Å²) in [6.07, 6.45) is 2.42. The number of ether oxygens (including phenoxy) is 1. The van der Waals surface area contributed by atoms with E-state index in [0.29, 0.717) is 11.7 Å². The van der Waals surface area contributed by atoms with Gasteiger partial charge in [-0.15, -0.1) is 5.10 Å². The summed E-state index contributed by atoms with van der Waals surface area (Å²) in [5.41, 5.74) is 1.91. The molecule has 1 atom stereocenters. The number of para-hydroxylation sites is 1. The smallest absolute Gasteiger partial charge is 0.242 e. The van der Waals surface area contributed by atoms with Gasteiger partial charge in [0, 0.05) is 5.56 Å². The molecule has 3 rings (SSSR count). The zero-order chi connectivity index (χ0) is 18.4. The van der Waals surface area contributed by atoms with Crippen molar-refractivity contribution in [2.45, 2.75) is 25.1 Å². The van der Waals surface area contributed by atoms with Crippen LogP contribution in [-0.4, -0.2) is 34.5 Å². The number of thioether (sulfide) groups is 1. The first-order chi connectivity index (χ1) is 12.7. The molecule has 1 aliphatic heterocycles. The molecule has 1 aliphatic rings. The first-order valence-electron chi connectivity index (χ1n) is 8.49. The number of carbonyl (C=O) groups is 1. The Morgan fingerprint density at radius 2 is 1.88 bits per heavy atom. The molecular weight excluding hydrogens is 346 g/mol. The molecule has 26 heavy (non-hydrogen) atoms. The van der Waals surface area contributed by atoms with Gasteiger partial charge >= 0.3 is 0 Å². The van der Waals surface area contributed by atoms with Crippen molar-refractivity contribution >= 4 is 29.1 Å². The Kier molecular flexibility index (Phi) is 6.07. The molecule has 0 N–H and O–H groups in total. The Balaban J connectivity index is 1.82. The van der Waals surface area contributed by atoms with Crippen LogP contribution in [0.2, 0.25) is 0 Å². The minimum atomic E-state index is -0.0982. The lowest BCUT2D eigenvalue weighted by Gasteiger charge is -2.15. The van der Waals surface area contributed by atoms with Crippen LogP contribution in [0.15, 0.2) is 64.8 Å². The van der Waals surface area contributed by atoms with Gasteiger partial charge in [0.05, 0.1) is 25.1 Å². The molecule has 0 spiro atoms. The van der Waals surface area contributed by atoms with E-state index in [0.717, 1.165) is 23.3 Å². The third kappa shape index (κ3) is 4.14. The van der Waals surface area contributed by atoms with E-state index < -0.39 is 0 Å². The maximum absolute atomic E-state index is 12.6. The van der Waals surface area contributed by atoms with E-state index in [4.69, 9.17) is 4.74 Å². The van der Waals surface area contributed by atoms with Gasteiger partial charge in [0.15, 0.2) is 5.17 Å². The van der Waals surface area contributed by atoms with Crippen LogP contribution in [0.3, 0.4) is 0 Å². The number of nitrogens with zero attached hydrogens (tertiary/aromatic N) is 3. The number of rotatable bonds is 6. The Bertz CT molecular complexity index is 821. The van der Waals surface area contributed by atoms with Crippen LogP contribution < -0.4 is 4.74 Å². The van der Waals surface area contributed by atoms with E-state index in [1.54, 1.807) is 18.2 Å². The molecule has 2 aromatic rings. The van der Waals surface area contributed by atoms with Crippen LogP contribution in [0.4, 0.5) is 0 Å². The molecule has 0 aliphatic carbocycles. The lowest BCUT2D eigenvalue weighted by atomic mass is 10.2. The summed E-state index contributed by atoms with van der Waals surface area (Å²) in [6.45, 7) is 2.52. The molecule has 2 aromatic carbocycles. The van der Waals surface area contributed by atoms with Crippen LogP contribution >= 0.6 is 11.8 Å². The Morgan fingerprint density at radius 1 is 1.15 bits per heavy atom. The fourth-order valence-electron chi connectivity index (χ4n) is 2.67. The van der Waals surface area contributed by atoms with E-state index in [1.165, 1.54) is 11.8 Å². The summed E-state index contributed by atoms with van der Waals surface area (Å²) >= 11 is 1.47. The second-order valence-electron chi connectivity index (χ2n) is 5.79. The van der Waals surface area contributed by atoms with Gasteiger partial charge in [-0.3, -0.25) is 9.69 Å². The van der Waals surface area contributed by atoms with Crippen LogP contribution in [0.1, 0.15) is 24.5 Å². The normalized spacial score (nSPS) is 18.8. The Morgan fingerprint density at radius 3 is 2.62 bits per heavy atom. The minimum Gasteiger partial charge on any atom is -0.496 e. The summed E-state index contributed by atoms with van der Waals surface area (Å²) in [6, 6.07) is 17.5. The quantitative estimate of drug-likeness (QED) is 0.574. The number of methoxy groups -OCH3 is 1. The molecule has 134 valence electrons. The summed E-state index contributed by atoms with van der Waals surface area (Å²) in [5.74, 6) is 0.826. The van der Waals surface area contributed by atoms with Crippen molar-refractivity contribution in [3.63, 3.8) is 0 Å². The van der Waals surface area contributed by atoms with Crippen molar-refractivity contribution in [2.24, 2.45) is 10.2 Å². The SMILES string of the molecule is CC[C@@H]1S/C(=N\N=C/c2ccccc2OC)N(Cc2ccccc2)C1=O. The number of benzene rings is 2. The van der Waals surface area contributed by atoms with Gasteiger partial charge in [-0.2, -0.15) is 5.10 Å². The molecule has 5 nitrogen and oxygen atoms in total. The third-order valence-electron chi connectivity index (χ3n) is 4.05. The average Bonchev–Trinajstić information content (AvgIpc) is 2.98. The highest BCUT2D eigenvalue weighted by Crippen LogP contribution is 2.30. The number of carbonyl (C=O) groups excluding carboxylic acids is 1. The fraction of sp³-hybridized carbons (Fsp3) is 0.250. The molecule has 0 unspecified atom stereocenters. The number of amides is 1. The summed E-state index contributed by atoms with van der Waals surface area (Å²) in [7, 11) is 1.62. The highest BCUT2D eigenvalue weighted by atomic mass is 32.2. The monoisotopic (exact) mass is 367 g/mol. The predicted octanol–water partition coefficient (Wildman–Crippen LogP) is 3.94. The Hall–Kier alpha value is -2.60. The van der Waals surface area contributed by atoms with Crippen molar-refractivity contribution in [3.8, 4) is 5.75 Å². The first-order valence-corrected chi connectivity index (χ1v) is 9.37. The maximum atomic E-state index is 12.6. The van der Waals surface area contributed by atoms with E-state index >= 15 is 0 Å². The zero-order valence-corrected chi connectivity index (χ0v) is 15.6. The van der Waals surface area contributed by atoms with Crippen molar-refractivity contribution < 1.29 is 9.53 Å². The molecule has 1 heterocycles. The largest absolute Gasteiger partial charge is 0.496 e. The van der Waals surface area contributed by atoms with E-state index in [-0.39, 0.29) is 11.2 Å². The lowest BCUT2D eigenvalue weighted by molar-refractivity contribution is -0.126. The highest BCUT2D eigenvalue weighted by molar-refractivity contribution is 8.15. The van der Waals surface area contributed by atoms with Crippen molar-refractivity contribution in [1.82, 2.24) is 4.90 Å². The van der Waals surface area contributed by atoms with Crippen LogP contribution in [0.5, 0.6) is 5.75 Å².